The summed E-state index contributed by atoms with van der Waals surface area (Å²) in [5.41, 5.74) is 1.87. The summed E-state index contributed by atoms with van der Waals surface area (Å²) in [6, 6.07) is 11.4. The number of fused-ring (bicyclic) bond motifs is 1. The Hall–Kier alpha value is -2.29. The van der Waals surface area contributed by atoms with E-state index in [2.05, 4.69) is 11.2 Å². The van der Waals surface area contributed by atoms with Crippen molar-refractivity contribution in [2.24, 2.45) is 0 Å². The summed E-state index contributed by atoms with van der Waals surface area (Å²) in [6.45, 7) is 0.515. The maximum Gasteiger partial charge on any atom is 0.170 e. The number of aromatic nitrogens is 1. The average molecular weight is 224 g/mol. The van der Waals surface area contributed by atoms with Gasteiger partial charge in [0.05, 0.1) is 0 Å². The number of hydrogen-bond donors (Lipinski definition) is 0. The largest absolute Gasteiger partial charge is 0.489 e. The predicted molar refractivity (Wildman–Crippen MR) is 63.6 cm³/mol. The van der Waals surface area contributed by atoms with E-state index in [9.17, 15) is 0 Å². The first kappa shape index (κ1) is 9.90. The highest BCUT2D eigenvalue weighted by Gasteiger charge is 2.00. The fraction of sp³-hybridized carbons (Fsp3) is 0.0714. The minimum absolute atomic E-state index is 0.515. The van der Waals surface area contributed by atoms with Gasteiger partial charge in [-0.3, -0.25) is 4.98 Å². The molecule has 1 aromatic carbocycles. The maximum absolute atomic E-state index is 5.67. The Bertz CT molecular complexity index is 616. The molecule has 1 radical (unpaired) electrons. The molecule has 0 aliphatic carbocycles. The second-order valence-corrected chi connectivity index (χ2v) is 3.71. The molecule has 0 atom stereocenters. The first-order valence-electron chi connectivity index (χ1n) is 5.33. The molecule has 0 saturated carbocycles. The van der Waals surface area contributed by atoms with Crippen LogP contribution < -0.4 is 4.74 Å². The predicted octanol–water partition coefficient (Wildman–Crippen LogP) is 3.21. The van der Waals surface area contributed by atoms with Crippen molar-refractivity contribution in [1.29, 1.82) is 0 Å². The monoisotopic (exact) mass is 224 g/mol. The van der Waals surface area contributed by atoms with E-state index < -0.39 is 0 Å². The number of rotatable bonds is 3. The Labute approximate surface area is 98.7 Å². The molecular formula is C14H10NO2. The fourth-order valence-corrected chi connectivity index (χ4v) is 1.63. The molecule has 3 aromatic rings. The molecule has 0 N–H and O–H groups in total. The average Bonchev–Trinajstić information content (AvgIpc) is 2.85. The van der Waals surface area contributed by atoms with Gasteiger partial charge < -0.3 is 9.15 Å². The van der Waals surface area contributed by atoms with Crippen LogP contribution in [0.1, 0.15) is 5.56 Å². The van der Waals surface area contributed by atoms with Crippen LogP contribution in [0.25, 0.3) is 11.0 Å². The van der Waals surface area contributed by atoms with Gasteiger partial charge in [-0.2, -0.15) is 0 Å². The summed E-state index contributed by atoms with van der Waals surface area (Å²) >= 11 is 0. The minimum atomic E-state index is 0.515. The number of hydrogen-bond acceptors (Lipinski definition) is 3. The highest BCUT2D eigenvalue weighted by Crippen LogP contribution is 2.21. The highest BCUT2D eigenvalue weighted by atomic mass is 16.5. The summed E-state index contributed by atoms with van der Waals surface area (Å²) in [6.07, 6.45) is 6.24. The lowest BCUT2D eigenvalue weighted by molar-refractivity contribution is 0.306. The van der Waals surface area contributed by atoms with E-state index in [1.54, 1.807) is 18.5 Å². The van der Waals surface area contributed by atoms with Crippen molar-refractivity contribution in [2.45, 2.75) is 6.61 Å². The molecule has 0 fully saturated rings. The standard InChI is InChI=1S/C14H10NO2/c1-2-11(9-15-6-1)10-17-13-3-4-14-12(8-13)5-7-16-14/h1-6,8-9H,10H2. The molecule has 0 amide bonds. The summed E-state index contributed by atoms with van der Waals surface area (Å²) in [5.74, 6) is 0.816. The molecule has 3 rings (SSSR count). The van der Waals surface area contributed by atoms with Crippen LogP contribution in [-0.2, 0) is 6.61 Å². The minimum Gasteiger partial charge on any atom is -0.489 e. The van der Waals surface area contributed by atoms with Crippen LogP contribution in [0.5, 0.6) is 5.75 Å². The summed E-state index contributed by atoms with van der Waals surface area (Å²) < 4.78 is 10.8. The first-order valence-corrected chi connectivity index (χ1v) is 5.33. The number of nitrogens with zero attached hydrogens (tertiary/aromatic N) is 1. The smallest absolute Gasteiger partial charge is 0.170 e. The molecule has 0 aliphatic rings. The normalized spacial score (nSPS) is 10.6. The van der Waals surface area contributed by atoms with Crippen LogP contribution >= 0.6 is 0 Å². The Morgan fingerprint density at radius 2 is 2.29 bits per heavy atom. The van der Waals surface area contributed by atoms with Crippen molar-refractivity contribution in [2.75, 3.05) is 0 Å². The molecule has 0 unspecified atom stereocenters. The lowest BCUT2D eigenvalue weighted by Gasteiger charge is -2.05. The fourth-order valence-electron chi connectivity index (χ4n) is 1.63. The van der Waals surface area contributed by atoms with Crippen LogP contribution in [0.4, 0.5) is 0 Å². The van der Waals surface area contributed by atoms with Gasteiger partial charge in [-0.25, -0.2) is 0 Å². The molecule has 83 valence electrons. The highest BCUT2D eigenvalue weighted by molar-refractivity contribution is 5.78. The van der Waals surface area contributed by atoms with Gasteiger partial charge in [-0.1, -0.05) is 6.07 Å². The van der Waals surface area contributed by atoms with Crippen LogP contribution in [0.2, 0.25) is 0 Å². The number of furan rings is 1. The van der Waals surface area contributed by atoms with E-state index in [4.69, 9.17) is 9.15 Å². The molecule has 0 bridgehead atoms. The molecule has 0 spiro atoms. The van der Waals surface area contributed by atoms with Crippen molar-refractivity contribution in [3.05, 3.63) is 60.6 Å². The molecule has 0 saturated heterocycles. The van der Waals surface area contributed by atoms with Crippen LogP contribution in [0.15, 0.2) is 53.2 Å². The quantitative estimate of drug-likeness (QED) is 0.685. The Kier molecular flexibility index (Phi) is 2.50. The van der Waals surface area contributed by atoms with Gasteiger partial charge in [0.25, 0.3) is 0 Å². The Balaban J connectivity index is 1.76. The van der Waals surface area contributed by atoms with Crippen LogP contribution in [-0.4, -0.2) is 4.98 Å². The Morgan fingerprint density at radius 1 is 1.29 bits per heavy atom. The van der Waals surface area contributed by atoms with E-state index in [0.29, 0.717) is 6.61 Å². The zero-order valence-electron chi connectivity index (χ0n) is 9.09. The van der Waals surface area contributed by atoms with Gasteiger partial charge in [0.2, 0.25) is 0 Å². The van der Waals surface area contributed by atoms with Gasteiger partial charge in [-0.15, -0.1) is 0 Å². The number of benzene rings is 1. The third-order valence-corrected chi connectivity index (χ3v) is 2.49. The van der Waals surface area contributed by atoms with Crippen molar-refractivity contribution in [3.8, 4) is 5.75 Å². The third kappa shape index (κ3) is 2.13. The molecule has 17 heavy (non-hydrogen) atoms. The lowest BCUT2D eigenvalue weighted by atomic mass is 10.2. The van der Waals surface area contributed by atoms with E-state index >= 15 is 0 Å². The van der Waals surface area contributed by atoms with Gasteiger partial charge in [0.1, 0.15) is 17.9 Å². The van der Waals surface area contributed by atoms with E-state index in [-0.39, 0.29) is 0 Å². The zero-order valence-corrected chi connectivity index (χ0v) is 9.09. The van der Waals surface area contributed by atoms with Gasteiger partial charge >= 0.3 is 0 Å². The molecule has 3 nitrogen and oxygen atoms in total. The third-order valence-electron chi connectivity index (χ3n) is 2.49. The van der Waals surface area contributed by atoms with E-state index in [1.807, 2.05) is 30.3 Å². The van der Waals surface area contributed by atoms with Crippen LogP contribution in [0.3, 0.4) is 0 Å². The lowest BCUT2D eigenvalue weighted by Crippen LogP contribution is -1.95. The molecule has 2 heterocycles. The van der Waals surface area contributed by atoms with Gasteiger partial charge in [0.15, 0.2) is 6.26 Å². The summed E-state index contributed by atoms with van der Waals surface area (Å²) in [7, 11) is 0. The molecule has 0 aliphatic heterocycles. The second kappa shape index (κ2) is 4.29. The van der Waals surface area contributed by atoms with Crippen molar-refractivity contribution in [1.82, 2.24) is 4.98 Å². The topological polar surface area (TPSA) is 35.3 Å². The number of ether oxygens (including phenoxy) is 1. The maximum atomic E-state index is 5.67. The van der Waals surface area contributed by atoms with Gasteiger partial charge in [0, 0.05) is 23.3 Å². The first-order chi connectivity index (χ1) is 8.42. The Morgan fingerprint density at radius 3 is 3.18 bits per heavy atom. The van der Waals surface area contributed by atoms with Crippen molar-refractivity contribution >= 4 is 11.0 Å². The van der Waals surface area contributed by atoms with E-state index in [1.165, 1.54) is 0 Å². The van der Waals surface area contributed by atoms with Crippen LogP contribution in [0, 0.1) is 6.26 Å². The summed E-state index contributed by atoms with van der Waals surface area (Å²) in [4.78, 5) is 4.04. The molecule has 3 heteroatoms. The van der Waals surface area contributed by atoms with Gasteiger partial charge in [-0.05, 0) is 30.3 Å². The molecule has 2 aromatic heterocycles. The SMILES string of the molecule is [c]1cc2cc(OCc3cccnc3)ccc2o1. The van der Waals surface area contributed by atoms with Crippen molar-refractivity contribution in [3.63, 3.8) is 0 Å². The molecular weight excluding hydrogens is 214 g/mol. The van der Waals surface area contributed by atoms with Crippen molar-refractivity contribution < 1.29 is 9.15 Å². The second-order valence-electron chi connectivity index (χ2n) is 3.71. The summed E-state index contributed by atoms with van der Waals surface area (Å²) in [5, 5.41) is 0.994. The zero-order chi connectivity index (χ0) is 11.5. The van der Waals surface area contributed by atoms with E-state index in [0.717, 1.165) is 22.3 Å². The number of pyridine rings is 1.